The van der Waals surface area contributed by atoms with Crippen molar-refractivity contribution in [3.63, 3.8) is 0 Å². The molecule has 0 aromatic carbocycles. The number of hydrogen-bond acceptors (Lipinski definition) is 4. The molecule has 0 aromatic heterocycles. The van der Waals surface area contributed by atoms with Crippen LogP contribution in [0, 0.1) is 0 Å². The summed E-state index contributed by atoms with van der Waals surface area (Å²) in [4.78, 5) is 0. The summed E-state index contributed by atoms with van der Waals surface area (Å²) in [5, 5.41) is 6.63. The average molecular weight is 240 g/mol. The molecule has 17 heavy (non-hydrogen) atoms. The Labute approximate surface area is 104 Å². The van der Waals surface area contributed by atoms with Crippen LogP contribution in [0.4, 0.5) is 0 Å². The molecule has 4 heteroatoms. The van der Waals surface area contributed by atoms with Gasteiger partial charge in [0.1, 0.15) is 24.7 Å². The summed E-state index contributed by atoms with van der Waals surface area (Å²) in [5.74, 6) is 1.96. The Balaban J connectivity index is 1.95. The molecule has 1 aliphatic rings. The Kier molecular flexibility index (Phi) is 7.51. The Bertz CT molecular complexity index is 252. The second-order valence-corrected chi connectivity index (χ2v) is 4.02. The molecular weight excluding hydrogens is 216 g/mol. The predicted octanol–water partition coefficient (Wildman–Crippen LogP) is 1.41. The normalized spacial score (nSPS) is 15.4. The van der Waals surface area contributed by atoms with Crippen molar-refractivity contribution in [2.45, 2.75) is 19.8 Å². The van der Waals surface area contributed by atoms with Crippen LogP contribution in [0.5, 0.6) is 0 Å². The molecule has 0 radical (unpaired) electrons. The monoisotopic (exact) mass is 240 g/mol. The van der Waals surface area contributed by atoms with Crippen molar-refractivity contribution in [1.82, 2.24) is 10.6 Å². The molecule has 0 saturated carbocycles. The molecule has 2 N–H and O–H groups in total. The Hall–Kier alpha value is -1.00. The maximum Gasteiger partial charge on any atom is 0.133 e. The summed E-state index contributed by atoms with van der Waals surface area (Å²) in [7, 11) is 0. The van der Waals surface area contributed by atoms with E-state index >= 15 is 0 Å². The lowest BCUT2D eigenvalue weighted by atomic mass is 10.2. The zero-order chi connectivity index (χ0) is 12.3. The van der Waals surface area contributed by atoms with Crippen molar-refractivity contribution in [2.75, 3.05) is 39.4 Å². The fraction of sp³-hybridized carbons (Fsp3) is 0.692. The quantitative estimate of drug-likeness (QED) is 0.472. The summed E-state index contributed by atoms with van der Waals surface area (Å²) >= 11 is 0. The average Bonchev–Trinajstić information content (AvgIpc) is 2.35. The van der Waals surface area contributed by atoms with Crippen LogP contribution in [0.15, 0.2) is 24.2 Å². The highest BCUT2D eigenvalue weighted by atomic mass is 16.6. The van der Waals surface area contributed by atoms with Gasteiger partial charge in [0.05, 0.1) is 0 Å². The van der Waals surface area contributed by atoms with E-state index in [0.29, 0.717) is 13.2 Å². The van der Waals surface area contributed by atoms with Crippen molar-refractivity contribution in [3.8, 4) is 0 Å². The van der Waals surface area contributed by atoms with Gasteiger partial charge in [-0.1, -0.05) is 6.08 Å². The molecule has 0 bridgehead atoms. The highest BCUT2D eigenvalue weighted by molar-refractivity contribution is 5.00. The van der Waals surface area contributed by atoms with Crippen LogP contribution in [0.25, 0.3) is 0 Å². The van der Waals surface area contributed by atoms with Crippen molar-refractivity contribution in [1.29, 1.82) is 0 Å². The summed E-state index contributed by atoms with van der Waals surface area (Å²) in [6.07, 6.45) is 3.91. The maximum atomic E-state index is 5.55. The summed E-state index contributed by atoms with van der Waals surface area (Å²) in [5.41, 5.74) is 0. The molecule has 0 spiro atoms. The lowest BCUT2D eigenvalue weighted by molar-refractivity contribution is 0.0583. The fourth-order valence-corrected chi connectivity index (χ4v) is 1.67. The molecular formula is C13H24N2O2. The first-order valence-electron chi connectivity index (χ1n) is 6.32. The van der Waals surface area contributed by atoms with Crippen LogP contribution in [0.1, 0.15) is 19.8 Å². The van der Waals surface area contributed by atoms with Gasteiger partial charge in [-0.15, -0.1) is 6.58 Å². The largest absolute Gasteiger partial charge is 0.491 e. The van der Waals surface area contributed by atoms with Crippen molar-refractivity contribution < 1.29 is 9.47 Å². The molecule has 98 valence electrons. The first kappa shape index (κ1) is 14.1. The summed E-state index contributed by atoms with van der Waals surface area (Å²) < 4.78 is 11.0. The van der Waals surface area contributed by atoms with E-state index in [1.807, 2.05) is 13.0 Å². The van der Waals surface area contributed by atoms with Crippen LogP contribution in [-0.4, -0.2) is 39.4 Å². The van der Waals surface area contributed by atoms with Gasteiger partial charge in [0.25, 0.3) is 0 Å². The van der Waals surface area contributed by atoms with Gasteiger partial charge in [0.2, 0.25) is 0 Å². The van der Waals surface area contributed by atoms with Crippen molar-refractivity contribution >= 4 is 0 Å². The highest BCUT2D eigenvalue weighted by Crippen LogP contribution is 2.17. The van der Waals surface area contributed by atoms with Crippen molar-refractivity contribution in [3.05, 3.63) is 24.2 Å². The molecule has 0 unspecified atom stereocenters. The molecule has 1 rings (SSSR count). The van der Waals surface area contributed by atoms with Gasteiger partial charge < -0.3 is 20.1 Å². The first-order valence-corrected chi connectivity index (χ1v) is 6.32. The van der Waals surface area contributed by atoms with Crippen LogP contribution in [-0.2, 0) is 9.47 Å². The first-order chi connectivity index (χ1) is 8.34. The Morgan fingerprint density at radius 3 is 2.71 bits per heavy atom. The van der Waals surface area contributed by atoms with E-state index in [1.165, 1.54) is 0 Å². The van der Waals surface area contributed by atoms with Gasteiger partial charge in [0, 0.05) is 26.1 Å². The van der Waals surface area contributed by atoms with E-state index in [4.69, 9.17) is 9.47 Å². The fourth-order valence-electron chi connectivity index (χ4n) is 1.67. The zero-order valence-electron chi connectivity index (χ0n) is 10.8. The van der Waals surface area contributed by atoms with Gasteiger partial charge in [0.15, 0.2) is 0 Å². The number of hydrogen-bond donors (Lipinski definition) is 2. The number of ether oxygens (including phenoxy) is 2. The number of allylic oxidation sites excluding steroid dienone is 2. The smallest absolute Gasteiger partial charge is 0.133 e. The van der Waals surface area contributed by atoms with E-state index in [2.05, 4.69) is 17.2 Å². The molecule has 0 amide bonds. The third kappa shape index (κ3) is 6.34. The highest BCUT2D eigenvalue weighted by Gasteiger charge is 2.10. The predicted molar refractivity (Wildman–Crippen MR) is 69.8 cm³/mol. The van der Waals surface area contributed by atoms with E-state index < -0.39 is 0 Å². The minimum Gasteiger partial charge on any atom is -0.491 e. The van der Waals surface area contributed by atoms with E-state index in [0.717, 1.165) is 50.5 Å². The molecule has 0 aromatic rings. The minimum atomic E-state index is 0.683. The second-order valence-electron chi connectivity index (χ2n) is 4.02. The third-order valence-electron chi connectivity index (χ3n) is 2.60. The number of rotatable bonds is 9. The molecule has 0 fully saturated rings. The Morgan fingerprint density at radius 1 is 1.18 bits per heavy atom. The molecule has 0 atom stereocenters. The topological polar surface area (TPSA) is 42.5 Å². The zero-order valence-corrected chi connectivity index (χ0v) is 10.8. The molecule has 4 nitrogen and oxygen atoms in total. The van der Waals surface area contributed by atoms with Crippen molar-refractivity contribution in [2.24, 2.45) is 0 Å². The van der Waals surface area contributed by atoms with Crippen LogP contribution >= 0.6 is 0 Å². The minimum absolute atomic E-state index is 0.683. The molecule has 1 aliphatic heterocycles. The maximum absolute atomic E-state index is 5.55. The van der Waals surface area contributed by atoms with Crippen LogP contribution in [0.2, 0.25) is 0 Å². The van der Waals surface area contributed by atoms with E-state index in [-0.39, 0.29) is 0 Å². The lowest BCUT2D eigenvalue weighted by Gasteiger charge is -2.20. The van der Waals surface area contributed by atoms with Crippen LogP contribution in [0.3, 0.4) is 0 Å². The summed E-state index contributed by atoms with van der Waals surface area (Å²) in [6.45, 7) is 10.8. The standard InChI is InChI=1S/C13H24N2O2/c1-3-6-14-8-9-15-7-4-5-13-12(2)16-10-11-17-13/h3,14-15H,1,4-11H2,2H3. The molecule has 0 aliphatic carbocycles. The Morgan fingerprint density at radius 2 is 1.94 bits per heavy atom. The van der Waals surface area contributed by atoms with Crippen LogP contribution < -0.4 is 10.6 Å². The second kappa shape index (κ2) is 9.07. The SMILES string of the molecule is C=CCNCCNCCCC1=C(C)OCCO1. The van der Waals surface area contributed by atoms with Gasteiger partial charge >= 0.3 is 0 Å². The lowest BCUT2D eigenvalue weighted by Crippen LogP contribution is -2.28. The molecule has 1 heterocycles. The van der Waals surface area contributed by atoms with Gasteiger partial charge in [-0.2, -0.15) is 0 Å². The number of nitrogens with one attached hydrogen (secondary N) is 2. The van der Waals surface area contributed by atoms with Gasteiger partial charge in [-0.3, -0.25) is 0 Å². The third-order valence-corrected chi connectivity index (χ3v) is 2.60. The summed E-state index contributed by atoms with van der Waals surface area (Å²) in [6, 6.07) is 0. The van der Waals surface area contributed by atoms with Gasteiger partial charge in [-0.25, -0.2) is 0 Å². The van der Waals surface area contributed by atoms with E-state index in [9.17, 15) is 0 Å². The van der Waals surface area contributed by atoms with E-state index in [1.54, 1.807) is 0 Å². The molecule has 0 saturated heterocycles. The van der Waals surface area contributed by atoms with Gasteiger partial charge in [-0.05, 0) is 19.9 Å².